The number of halogens is 2. The Labute approximate surface area is 136 Å². The lowest BCUT2D eigenvalue weighted by Crippen LogP contribution is -2.18. The Morgan fingerprint density at radius 1 is 1.43 bits per heavy atom. The molecular weight excluding hydrogens is 355 g/mol. The van der Waals surface area contributed by atoms with Gasteiger partial charge in [-0.2, -0.15) is 0 Å². The van der Waals surface area contributed by atoms with Gasteiger partial charge in [0.05, 0.1) is 10.2 Å². The van der Waals surface area contributed by atoms with Crippen LogP contribution in [0, 0.1) is 11.7 Å². The van der Waals surface area contributed by atoms with Crippen molar-refractivity contribution in [3.05, 3.63) is 44.6 Å². The predicted molar refractivity (Wildman–Crippen MR) is 87.1 cm³/mol. The Balaban J connectivity index is 1.86. The van der Waals surface area contributed by atoms with Crippen LogP contribution in [0.2, 0.25) is 0 Å². The predicted octanol–water partition coefficient (Wildman–Crippen LogP) is 4.37. The number of ether oxygens (including phenoxy) is 1. The molecule has 1 heterocycles. The van der Waals surface area contributed by atoms with E-state index >= 15 is 0 Å². The SMILES string of the molecule is CC(C)CNCc1nc(COc2cc(F)ccc2Br)cs1. The minimum absolute atomic E-state index is 0.315. The molecule has 1 aromatic carbocycles. The van der Waals surface area contributed by atoms with Gasteiger partial charge in [-0.3, -0.25) is 0 Å². The standard InChI is InChI=1S/C15H18BrFN2OS/c1-10(2)6-18-7-15-19-12(9-21-15)8-20-14-5-11(17)3-4-13(14)16/h3-5,9-10,18H,6-8H2,1-2H3. The van der Waals surface area contributed by atoms with E-state index < -0.39 is 0 Å². The summed E-state index contributed by atoms with van der Waals surface area (Å²) < 4.78 is 19.5. The van der Waals surface area contributed by atoms with Crippen molar-refractivity contribution in [2.24, 2.45) is 5.92 Å². The second-order valence-electron chi connectivity index (χ2n) is 5.12. The van der Waals surface area contributed by atoms with E-state index in [0.29, 0.717) is 18.3 Å². The summed E-state index contributed by atoms with van der Waals surface area (Å²) >= 11 is 4.94. The van der Waals surface area contributed by atoms with Crippen LogP contribution in [0.4, 0.5) is 4.39 Å². The Morgan fingerprint density at radius 2 is 2.24 bits per heavy atom. The van der Waals surface area contributed by atoms with Crippen molar-refractivity contribution in [1.29, 1.82) is 0 Å². The van der Waals surface area contributed by atoms with Gasteiger partial charge < -0.3 is 10.1 Å². The highest BCUT2D eigenvalue weighted by Gasteiger charge is 2.06. The zero-order chi connectivity index (χ0) is 15.2. The van der Waals surface area contributed by atoms with Crippen molar-refractivity contribution in [3.8, 4) is 5.75 Å². The van der Waals surface area contributed by atoms with Gasteiger partial charge in [-0.1, -0.05) is 13.8 Å². The normalized spacial score (nSPS) is 11.1. The van der Waals surface area contributed by atoms with Crippen LogP contribution in [0.1, 0.15) is 24.5 Å². The highest BCUT2D eigenvalue weighted by Crippen LogP contribution is 2.26. The second kappa shape index (κ2) is 7.87. The van der Waals surface area contributed by atoms with Gasteiger partial charge in [0.1, 0.15) is 23.2 Å². The Hall–Kier alpha value is -0.980. The van der Waals surface area contributed by atoms with E-state index in [0.717, 1.165) is 28.3 Å². The van der Waals surface area contributed by atoms with E-state index in [1.165, 1.54) is 12.1 Å². The number of nitrogens with one attached hydrogen (secondary N) is 1. The minimum atomic E-state index is -0.315. The first kappa shape index (κ1) is 16.4. The highest BCUT2D eigenvalue weighted by molar-refractivity contribution is 9.10. The number of nitrogens with zero attached hydrogens (tertiary/aromatic N) is 1. The van der Waals surface area contributed by atoms with Gasteiger partial charge >= 0.3 is 0 Å². The molecule has 0 bridgehead atoms. The fourth-order valence-electron chi connectivity index (χ4n) is 1.70. The number of hydrogen-bond donors (Lipinski definition) is 1. The van der Waals surface area contributed by atoms with Gasteiger partial charge in [-0.25, -0.2) is 9.37 Å². The number of aromatic nitrogens is 1. The number of benzene rings is 1. The maximum absolute atomic E-state index is 13.2. The molecule has 0 fully saturated rings. The highest BCUT2D eigenvalue weighted by atomic mass is 79.9. The molecule has 0 aliphatic rings. The van der Waals surface area contributed by atoms with Gasteiger partial charge in [0.15, 0.2) is 0 Å². The fourth-order valence-corrected chi connectivity index (χ4v) is 2.81. The van der Waals surface area contributed by atoms with Crippen molar-refractivity contribution in [2.75, 3.05) is 6.54 Å². The molecule has 0 unspecified atom stereocenters. The number of rotatable bonds is 7. The van der Waals surface area contributed by atoms with E-state index in [1.807, 2.05) is 5.38 Å². The first-order valence-electron chi connectivity index (χ1n) is 6.76. The molecule has 1 N–H and O–H groups in total. The van der Waals surface area contributed by atoms with E-state index in [2.05, 4.69) is 40.1 Å². The Bertz CT molecular complexity index is 589. The maximum Gasteiger partial charge on any atom is 0.136 e. The summed E-state index contributed by atoms with van der Waals surface area (Å²) in [6, 6.07) is 4.38. The van der Waals surface area contributed by atoms with Crippen LogP contribution < -0.4 is 10.1 Å². The molecule has 0 aliphatic carbocycles. The molecule has 21 heavy (non-hydrogen) atoms. The fraction of sp³-hybridized carbons (Fsp3) is 0.400. The van der Waals surface area contributed by atoms with Gasteiger partial charge in [-0.05, 0) is 40.5 Å². The molecule has 2 aromatic rings. The molecule has 0 amide bonds. The summed E-state index contributed by atoms with van der Waals surface area (Å²) in [5, 5.41) is 6.36. The van der Waals surface area contributed by atoms with Crippen LogP contribution in [-0.2, 0) is 13.2 Å². The monoisotopic (exact) mass is 372 g/mol. The molecule has 0 spiro atoms. The summed E-state index contributed by atoms with van der Waals surface area (Å²) in [5.74, 6) is 0.797. The van der Waals surface area contributed by atoms with Crippen LogP contribution in [0.3, 0.4) is 0 Å². The third kappa shape index (κ3) is 5.37. The zero-order valence-corrected chi connectivity index (χ0v) is 14.4. The van der Waals surface area contributed by atoms with Gasteiger partial charge in [-0.15, -0.1) is 11.3 Å². The van der Waals surface area contributed by atoms with E-state index in [1.54, 1.807) is 17.4 Å². The van der Waals surface area contributed by atoms with Crippen molar-refractivity contribution in [2.45, 2.75) is 27.0 Å². The third-order valence-corrected chi connectivity index (χ3v) is 4.25. The smallest absolute Gasteiger partial charge is 0.136 e. The molecule has 2 rings (SSSR count). The third-order valence-electron chi connectivity index (χ3n) is 2.70. The van der Waals surface area contributed by atoms with Gasteiger partial charge in [0.25, 0.3) is 0 Å². The first-order chi connectivity index (χ1) is 10.0. The van der Waals surface area contributed by atoms with Crippen LogP contribution >= 0.6 is 27.3 Å². The quantitative estimate of drug-likeness (QED) is 0.783. The molecule has 114 valence electrons. The molecule has 1 aromatic heterocycles. The number of hydrogen-bond acceptors (Lipinski definition) is 4. The Morgan fingerprint density at radius 3 is 3.00 bits per heavy atom. The van der Waals surface area contributed by atoms with Gasteiger partial charge in [0.2, 0.25) is 0 Å². The van der Waals surface area contributed by atoms with E-state index in [9.17, 15) is 4.39 Å². The minimum Gasteiger partial charge on any atom is -0.486 e. The summed E-state index contributed by atoms with van der Waals surface area (Å²) in [6.07, 6.45) is 0. The zero-order valence-electron chi connectivity index (χ0n) is 12.0. The van der Waals surface area contributed by atoms with Crippen LogP contribution in [-0.4, -0.2) is 11.5 Å². The van der Waals surface area contributed by atoms with E-state index in [4.69, 9.17) is 4.74 Å². The van der Waals surface area contributed by atoms with Crippen molar-refractivity contribution in [1.82, 2.24) is 10.3 Å². The van der Waals surface area contributed by atoms with Gasteiger partial charge in [0, 0.05) is 18.0 Å². The molecule has 0 radical (unpaired) electrons. The van der Waals surface area contributed by atoms with Crippen LogP contribution in [0.5, 0.6) is 5.75 Å². The lowest BCUT2D eigenvalue weighted by Gasteiger charge is -2.06. The summed E-state index contributed by atoms with van der Waals surface area (Å²) in [5.41, 5.74) is 0.859. The Kier molecular flexibility index (Phi) is 6.14. The molecule has 0 saturated heterocycles. The van der Waals surface area contributed by atoms with Crippen molar-refractivity contribution >= 4 is 27.3 Å². The molecular formula is C15H18BrFN2OS. The van der Waals surface area contributed by atoms with Crippen LogP contribution in [0.25, 0.3) is 0 Å². The number of thiazole rings is 1. The second-order valence-corrected chi connectivity index (χ2v) is 6.92. The van der Waals surface area contributed by atoms with Crippen molar-refractivity contribution < 1.29 is 9.13 Å². The molecule has 0 atom stereocenters. The maximum atomic E-state index is 13.2. The average molecular weight is 373 g/mol. The topological polar surface area (TPSA) is 34.2 Å². The summed E-state index contributed by atoms with van der Waals surface area (Å²) in [7, 11) is 0. The molecule has 6 heteroatoms. The molecule has 0 saturated carbocycles. The summed E-state index contributed by atoms with van der Waals surface area (Å²) in [6.45, 7) is 6.42. The average Bonchev–Trinajstić information content (AvgIpc) is 2.87. The first-order valence-corrected chi connectivity index (χ1v) is 8.43. The van der Waals surface area contributed by atoms with Crippen molar-refractivity contribution in [3.63, 3.8) is 0 Å². The van der Waals surface area contributed by atoms with E-state index in [-0.39, 0.29) is 5.82 Å². The largest absolute Gasteiger partial charge is 0.486 e. The lowest BCUT2D eigenvalue weighted by molar-refractivity contribution is 0.298. The summed E-state index contributed by atoms with van der Waals surface area (Å²) in [4.78, 5) is 4.50. The molecule has 3 nitrogen and oxygen atoms in total. The van der Waals surface area contributed by atoms with Crippen LogP contribution in [0.15, 0.2) is 28.1 Å². The lowest BCUT2D eigenvalue weighted by atomic mass is 10.2. The molecule has 0 aliphatic heterocycles.